The molecule has 1 unspecified atom stereocenters. The molecule has 1 fully saturated rings. The Morgan fingerprint density at radius 2 is 2.15 bits per heavy atom. The molecule has 1 aliphatic rings. The maximum absolute atomic E-state index is 5.45. The zero-order valence-electron chi connectivity index (χ0n) is 12.1. The summed E-state index contributed by atoms with van der Waals surface area (Å²) < 4.78 is 5.45. The van der Waals surface area contributed by atoms with Gasteiger partial charge in [-0.2, -0.15) is 0 Å². The minimum atomic E-state index is 0.388. The van der Waals surface area contributed by atoms with E-state index in [-0.39, 0.29) is 0 Å². The summed E-state index contributed by atoms with van der Waals surface area (Å²) in [5.41, 5.74) is 2.39. The van der Waals surface area contributed by atoms with E-state index in [1.165, 1.54) is 12.0 Å². The summed E-state index contributed by atoms with van der Waals surface area (Å²) in [4.78, 5) is 6.56. The van der Waals surface area contributed by atoms with E-state index in [1.807, 2.05) is 12.4 Å². The van der Waals surface area contributed by atoms with Crippen molar-refractivity contribution >= 4 is 0 Å². The molecule has 0 aromatic carbocycles. The van der Waals surface area contributed by atoms with Crippen molar-refractivity contribution in [1.29, 1.82) is 0 Å². The van der Waals surface area contributed by atoms with Crippen LogP contribution >= 0.6 is 0 Å². The lowest BCUT2D eigenvalue weighted by atomic mass is 10.1. The van der Waals surface area contributed by atoms with Gasteiger partial charge in [-0.1, -0.05) is 19.0 Å². The number of likely N-dealkylation sites (tertiary alicyclic amines) is 1. The molecule has 2 aromatic heterocycles. The van der Waals surface area contributed by atoms with Gasteiger partial charge in [0.25, 0.3) is 0 Å². The zero-order valence-corrected chi connectivity index (χ0v) is 12.1. The molecule has 3 heterocycles. The molecule has 0 bridgehead atoms. The standard InChI is InChI=1S/C16H21N3O/c1-12(2)16-10-14(18-20-16)15-4-3-9-19(15)11-13-5-7-17-8-6-13/h5-8,10,12,15H,3-4,9,11H2,1-2H3. The average Bonchev–Trinajstić information content (AvgIpc) is 3.08. The molecule has 1 saturated heterocycles. The van der Waals surface area contributed by atoms with Crippen LogP contribution in [0, 0.1) is 0 Å². The molecule has 0 N–H and O–H groups in total. The highest BCUT2D eigenvalue weighted by Gasteiger charge is 2.28. The molecule has 0 saturated carbocycles. The lowest BCUT2D eigenvalue weighted by Gasteiger charge is -2.22. The van der Waals surface area contributed by atoms with Crippen molar-refractivity contribution in [3.8, 4) is 0 Å². The Morgan fingerprint density at radius 1 is 1.35 bits per heavy atom. The Bertz CT molecular complexity index is 550. The van der Waals surface area contributed by atoms with Crippen LogP contribution in [-0.2, 0) is 6.54 Å². The van der Waals surface area contributed by atoms with E-state index in [1.54, 1.807) is 0 Å². The van der Waals surface area contributed by atoms with Crippen LogP contribution in [-0.4, -0.2) is 21.6 Å². The van der Waals surface area contributed by atoms with Crippen LogP contribution in [0.4, 0.5) is 0 Å². The number of nitrogens with zero attached hydrogens (tertiary/aromatic N) is 3. The molecule has 2 aromatic rings. The van der Waals surface area contributed by atoms with Gasteiger partial charge in [0.1, 0.15) is 11.5 Å². The minimum Gasteiger partial charge on any atom is -0.361 e. The highest BCUT2D eigenvalue weighted by atomic mass is 16.5. The van der Waals surface area contributed by atoms with Gasteiger partial charge in [0.15, 0.2) is 0 Å². The Balaban J connectivity index is 1.74. The molecule has 1 atom stereocenters. The number of aromatic nitrogens is 2. The van der Waals surface area contributed by atoms with Crippen LogP contribution < -0.4 is 0 Å². The fourth-order valence-corrected chi connectivity index (χ4v) is 2.81. The molecule has 1 aliphatic heterocycles. The molecule has 4 nitrogen and oxygen atoms in total. The predicted molar refractivity (Wildman–Crippen MR) is 77.2 cm³/mol. The van der Waals surface area contributed by atoms with Gasteiger partial charge in [-0.3, -0.25) is 9.88 Å². The highest BCUT2D eigenvalue weighted by Crippen LogP contribution is 2.33. The second kappa shape index (κ2) is 5.75. The van der Waals surface area contributed by atoms with E-state index in [0.29, 0.717) is 12.0 Å². The summed E-state index contributed by atoms with van der Waals surface area (Å²) in [6, 6.07) is 6.68. The fourth-order valence-electron chi connectivity index (χ4n) is 2.81. The third-order valence-electron chi connectivity index (χ3n) is 3.96. The summed E-state index contributed by atoms with van der Waals surface area (Å²) in [5.74, 6) is 1.38. The van der Waals surface area contributed by atoms with Gasteiger partial charge in [0.05, 0.1) is 6.04 Å². The van der Waals surface area contributed by atoms with Crippen molar-refractivity contribution in [2.75, 3.05) is 6.54 Å². The second-order valence-corrected chi connectivity index (χ2v) is 5.79. The van der Waals surface area contributed by atoms with Gasteiger partial charge in [0.2, 0.25) is 0 Å². The van der Waals surface area contributed by atoms with Crippen LogP contribution in [0.15, 0.2) is 35.1 Å². The summed E-state index contributed by atoms with van der Waals surface area (Å²) in [7, 11) is 0. The van der Waals surface area contributed by atoms with Crippen molar-refractivity contribution in [3.63, 3.8) is 0 Å². The molecule has 3 rings (SSSR count). The van der Waals surface area contributed by atoms with Crippen molar-refractivity contribution < 1.29 is 4.52 Å². The van der Waals surface area contributed by atoms with Gasteiger partial charge in [0, 0.05) is 30.9 Å². The van der Waals surface area contributed by atoms with Gasteiger partial charge in [-0.15, -0.1) is 0 Å². The Labute approximate surface area is 119 Å². The average molecular weight is 271 g/mol. The molecule has 0 spiro atoms. The van der Waals surface area contributed by atoms with E-state index in [2.05, 4.69) is 47.1 Å². The first-order valence-electron chi connectivity index (χ1n) is 7.33. The summed E-state index contributed by atoms with van der Waals surface area (Å²) >= 11 is 0. The minimum absolute atomic E-state index is 0.388. The predicted octanol–water partition coefficient (Wildman–Crippen LogP) is 3.53. The fraction of sp³-hybridized carbons (Fsp3) is 0.500. The van der Waals surface area contributed by atoms with Gasteiger partial charge >= 0.3 is 0 Å². The quantitative estimate of drug-likeness (QED) is 0.853. The van der Waals surface area contributed by atoms with E-state index in [4.69, 9.17) is 4.52 Å². The van der Waals surface area contributed by atoms with E-state index >= 15 is 0 Å². The molecule has 4 heteroatoms. The van der Waals surface area contributed by atoms with Crippen LogP contribution in [0.5, 0.6) is 0 Å². The van der Waals surface area contributed by atoms with Crippen molar-refractivity contribution in [2.45, 2.75) is 45.2 Å². The molecule has 20 heavy (non-hydrogen) atoms. The first-order valence-corrected chi connectivity index (χ1v) is 7.33. The maximum Gasteiger partial charge on any atom is 0.139 e. The SMILES string of the molecule is CC(C)c1cc(C2CCCN2Cc2ccncc2)no1. The Kier molecular flexibility index (Phi) is 3.83. The maximum atomic E-state index is 5.45. The summed E-state index contributed by atoms with van der Waals surface area (Å²) in [5, 5.41) is 4.28. The normalized spacial score (nSPS) is 19.9. The molecule has 0 radical (unpaired) electrons. The Morgan fingerprint density at radius 3 is 2.85 bits per heavy atom. The monoisotopic (exact) mass is 271 g/mol. The third-order valence-corrected chi connectivity index (χ3v) is 3.96. The van der Waals surface area contributed by atoms with Gasteiger partial charge < -0.3 is 4.52 Å². The molecular formula is C16H21N3O. The second-order valence-electron chi connectivity index (χ2n) is 5.79. The van der Waals surface area contributed by atoms with Gasteiger partial charge in [-0.05, 0) is 37.1 Å². The van der Waals surface area contributed by atoms with E-state index < -0.39 is 0 Å². The molecular weight excluding hydrogens is 250 g/mol. The first kappa shape index (κ1) is 13.3. The van der Waals surface area contributed by atoms with Crippen LogP contribution in [0.1, 0.15) is 55.7 Å². The number of rotatable bonds is 4. The van der Waals surface area contributed by atoms with Crippen molar-refractivity contribution in [2.24, 2.45) is 0 Å². The molecule has 106 valence electrons. The van der Waals surface area contributed by atoms with Gasteiger partial charge in [-0.25, -0.2) is 0 Å². The van der Waals surface area contributed by atoms with E-state index in [9.17, 15) is 0 Å². The smallest absolute Gasteiger partial charge is 0.139 e. The van der Waals surface area contributed by atoms with Crippen molar-refractivity contribution in [1.82, 2.24) is 15.0 Å². The zero-order chi connectivity index (χ0) is 13.9. The van der Waals surface area contributed by atoms with E-state index in [0.717, 1.165) is 31.0 Å². The Hall–Kier alpha value is -1.68. The number of pyridine rings is 1. The first-order chi connectivity index (χ1) is 9.74. The summed E-state index contributed by atoms with van der Waals surface area (Å²) in [6.07, 6.45) is 6.09. The number of hydrogen-bond acceptors (Lipinski definition) is 4. The van der Waals surface area contributed by atoms with Crippen LogP contribution in [0.3, 0.4) is 0 Å². The van der Waals surface area contributed by atoms with Crippen LogP contribution in [0.2, 0.25) is 0 Å². The lowest BCUT2D eigenvalue weighted by molar-refractivity contribution is 0.236. The molecule has 0 amide bonds. The number of hydrogen-bond donors (Lipinski definition) is 0. The largest absolute Gasteiger partial charge is 0.361 e. The molecule has 0 aliphatic carbocycles. The van der Waals surface area contributed by atoms with Crippen molar-refractivity contribution in [3.05, 3.63) is 47.6 Å². The summed E-state index contributed by atoms with van der Waals surface area (Å²) in [6.45, 7) is 6.34. The highest BCUT2D eigenvalue weighted by molar-refractivity contribution is 5.16. The third kappa shape index (κ3) is 2.75. The topological polar surface area (TPSA) is 42.2 Å². The lowest BCUT2D eigenvalue weighted by Crippen LogP contribution is -2.22. The van der Waals surface area contributed by atoms with Crippen LogP contribution in [0.25, 0.3) is 0 Å².